The van der Waals surface area contributed by atoms with Gasteiger partial charge in [-0.1, -0.05) is 18.2 Å². The Hall–Kier alpha value is -2.93. The number of allylic oxidation sites excluding steroid dienone is 1. The van der Waals surface area contributed by atoms with E-state index in [-0.39, 0.29) is 11.9 Å². The van der Waals surface area contributed by atoms with Gasteiger partial charge in [0.15, 0.2) is 0 Å². The molecule has 1 amide bonds. The number of anilines is 1. The number of piperazine rings is 1. The van der Waals surface area contributed by atoms with Gasteiger partial charge in [0.1, 0.15) is 5.82 Å². The van der Waals surface area contributed by atoms with Gasteiger partial charge < -0.3 is 15.0 Å². The summed E-state index contributed by atoms with van der Waals surface area (Å²) in [5.41, 5.74) is 2.46. The van der Waals surface area contributed by atoms with Gasteiger partial charge in [-0.3, -0.25) is 9.69 Å². The molecule has 4 rings (SSSR count). The molecule has 1 aromatic heterocycles. The van der Waals surface area contributed by atoms with Crippen LogP contribution >= 0.6 is 0 Å². The quantitative estimate of drug-likeness (QED) is 0.538. The van der Waals surface area contributed by atoms with Crippen LogP contribution in [0.4, 0.5) is 5.82 Å². The molecule has 188 valence electrons. The van der Waals surface area contributed by atoms with Gasteiger partial charge in [-0.05, 0) is 70.6 Å². The lowest BCUT2D eigenvalue weighted by Crippen LogP contribution is -2.49. The highest BCUT2D eigenvalue weighted by atomic mass is 16.5. The number of rotatable bonds is 9. The smallest absolute Gasteiger partial charge is 0.335 e. The molecule has 0 spiro atoms. The predicted octanol–water partition coefficient (Wildman–Crippen LogP) is 4.42. The third kappa shape index (κ3) is 6.60. The third-order valence-electron chi connectivity index (χ3n) is 7.15. The van der Waals surface area contributed by atoms with Crippen LogP contribution in [-0.4, -0.2) is 60.6 Å². The Balaban J connectivity index is 1.21. The van der Waals surface area contributed by atoms with Crippen molar-refractivity contribution in [3.8, 4) is 0 Å². The second-order valence-corrected chi connectivity index (χ2v) is 9.56. The molecule has 0 bridgehead atoms. The Morgan fingerprint density at radius 3 is 2.63 bits per heavy atom. The van der Waals surface area contributed by atoms with Crippen molar-refractivity contribution in [3.05, 3.63) is 47.7 Å². The first kappa shape index (κ1) is 25.2. The fourth-order valence-electron chi connectivity index (χ4n) is 5.08. The molecule has 2 aromatic rings. The second-order valence-electron chi connectivity index (χ2n) is 9.56. The maximum atomic E-state index is 12.6. The largest absolute Gasteiger partial charge is 0.463 e. The van der Waals surface area contributed by atoms with E-state index in [9.17, 15) is 9.59 Å². The molecule has 35 heavy (non-hydrogen) atoms. The number of hydrogen-bond donors (Lipinski definition) is 1. The lowest BCUT2D eigenvalue weighted by atomic mass is 9.96. The van der Waals surface area contributed by atoms with Gasteiger partial charge in [-0.25, -0.2) is 9.78 Å². The summed E-state index contributed by atoms with van der Waals surface area (Å²) in [7, 11) is 0. The maximum absolute atomic E-state index is 12.6. The molecule has 1 aliphatic heterocycles. The lowest BCUT2D eigenvalue weighted by molar-refractivity contribution is -0.138. The summed E-state index contributed by atoms with van der Waals surface area (Å²) < 4.78 is 5.17. The SMILES string of the molecule is CCOC(=O)C1=C(NC(=O)CCCC(C)N2CCN(c3ccc4ccccc4n3)CC2)CCCC1. The van der Waals surface area contributed by atoms with E-state index < -0.39 is 0 Å². The van der Waals surface area contributed by atoms with Crippen LogP contribution < -0.4 is 10.2 Å². The summed E-state index contributed by atoms with van der Waals surface area (Å²) in [6.07, 6.45) is 5.68. The Kier molecular flexibility index (Phi) is 8.74. The second kappa shape index (κ2) is 12.2. The van der Waals surface area contributed by atoms with Crippen LogP contribution in [0.5, 0.6) is 0 Å². The number of para-hydroxylation sites is 1. The molecule has 1 aromatic carbocycles. The molecule has 1 N–H and O–H groups in total. The van der Waals surface area contributed by atoms with E-state index in [1.807, 2.05) is 12.1 Å². The number of carbonyl (C=O) groups excluding carboxylic acids is 2. The predicted molar refractivity (Wildman–Crippen MR) is 139 cm³/mol. The summed E-state index contributed by atoms with van der Waals surface area (Å²) in [4.78, 5) is 34.5. The zero-order valence-electron chi connectivity index (χ0n) is 21.1. The number of amides is 1. The van der Waals surface area contributed by atoms with Gasteiger partial charge in [0.2, 0.25) is 5.91 Å². The number of nitrogens with zero attached hydrogens (tertiary/aromatic N) is 3. The minimum absolute atomic E-state index is 0.00287. The molecule has 0 saturated carbocycles. The minimum atomic E-state index is -0.283. The molecule has 1 fully saturated rings. The van der Waals surface area contributed by atoms with Gasteiger partial charge in [0, 0.05) is 49.7 Å². The summed E-state index contributed by atoms with van der Waals surface area (Å²) in [6.45, 7) is 8.33. The van der Waals surface area contributed by atoms with Gasteiger partial charge in [-0.15, -0.1) is 0 Å². The van der Waals surface area contributed by atoms with E-state index in [2.05, 4.69) is 46.3 Å². The van der Waals surface area contributed by atoms with Crippen LogP contribution in [0.2, 0.25) is 0 Å². The highest BCUT2D eigenvalue weighted by molar-refractivity contribution is 5.91. The molecular weight excluding hydrogens is 440 g/mol. The van der Waals surface area contributed by atoms with Crippen molar-refractivity contribution in [2.24, 2.45) is 0 Å². The zero-order chi connectivity index (χ0) is 24.6. The average molecular weight is 479 g/mol. The molecule has 1 aliphatic carbocycles. The van der Waals surface area contributed by atoms with Gasteiger partial charge in [0.25, 0.3) is 0 Å². The fraction of sp³-hybridized carbons (Fsp3) is 0.536. The van der Waals surface area contributed by atoms with Crippen LogP contribution in [0.3, 0.4) is 0 Å². The summed E-state index contributed by atoms with van der Waals surface area (Å²) >= 11 is 0. The summed E-state index contributed by atoms with van der Waals surface area (Å²) in [5, 5.41) is 4.18. The molecule has 1 atom stereocenters. The fourth-order valence-corrected chi connectivity index (χ4v) is 5.08. The minimum Gasteiger partial charge on any atom is -0.463 e. The topological polar surface area (TPSA) is 74.8 Å². The van der Waals surface area contributed by atoms with Crippen molar-refractivity contribution in [1.29, 1.82) is 0 Å². The number of aromatic nitrogens is 1. The molecule has 7 heteroatoms. The van der Waals surface area contributed by atoms with Gasteiger partial charge in [-0.2, -0.15) is 0 Å². The van der Waals surface area contributed by atoms with Crippen LogP contribution in [0.1, 0.15) is 58.8 Å². The first-order valence-corrected chi connectivity index (χ1v) is 13.1. The van der Waals surface area contributed by atoms with Gasteiger partial charge in [0.05, 0.1) is 17.7 Å². The number of fused-ring (bicyclic) bond motifs is 1. The van der Waals surface area contributed by atoms with Crippen LogP contribution in [0.25, 0.3) is 10.9 Å². The molecule has 2 heterocycles. The van der Waals surface area contributed by atoms with Crippen molar-refractivity contribution in [3.63, 3.8) is 0 Å². The standard InChI is InChI=1S/C28H38N4O3/c1-3-35-28(34)23-11-5-7-13-25(23)30-27(33)14-8-9-21(2)31-17-19-32(20-18-31)26-16-15-22-10-4-6-12-24(22)29-26/h4,6,10,12,15-16,21H,3,5,7-9,11,13-14,17-20H2,1-2H3,(H,30,33). The first-order chi connectivity index (χ1) is 17.0. The average Bonchev–Trinajstić information content (AvgIpc) is 2.89. The van der Waals surface area contributed by atoms with E-state index in [0.717, 1.165) is 75.3 Å². The first-order valence-electron chi connectivity index (χ1n) is 13.1. The highest BCUT2D eigenvalue weighted by Crippen LogP contribution is 2.24. The van der Waals surface area contributed by atoms with E-state index in [0.29, 0.717) is 31.1 Å². The molecule has 1 unspecified atom stereocenters. The van der Waals surface area contributed by atoms with E-state index in [1.165, 1.54) is 5.39 Å². The number of benzene rings is 1. The Bertz CT molecular complexity index is 1060. The monoisotopic (exact) mass is 478 g/mol. The molecule has 2 aliphatic rings. The Labute approximate surface area is 208 Å². The molecular formula is C28H38N4O3. The lowest BCUT2D eigenvalue weighted by Gasteiger charge is -2.38. The molecule has 0 radical (unpaired) electrons. The van der Waals surface area contributed by atoms with E-state index >= 15 is 0 Å². The maximum Gasteiger partial charge on any atom is 0.335 e. The number of ether oxygens (including phenoxy) is 1. The van der Waals surface area contributed by atoms with Crippen LogP contribution in [0.15, 0.2) is 47.7 Å². The van der Waals surface area contributed by atoms with Crippen LogP contribution in [-0.2, 0) is 14.3 Å². The summed E-state index contributed by atoms with van der Waals surface area (Å²) in [5.74, 6) is 0.768. The Morgan fingerprint density at radius 1 is 1.06 bits per heavy atom. The number of pyridine rings is 1. The number of esters is 1. The van der Waals surface area contributed by atoms with E-state index in [4.69, 9.17) is 9.72 Å². The normalized spacial score (nSPS) is 17.9. The van der Waals surface area contributed by atoms with Crippen molar-refractivity contribution < 1.29 is 14.3 Å². The zero-order valence-corrected chi connectivity index (χ0v) is 21.1. The van der Waals surface area contributed by atoms with Gasteiger partial charge >= 0.3 is 5.97 Å². The molecule has 1 saturated heterocycles. The number of hydrogen-bond acceptors (Lipinski definition) is 6. The van der Waals surface area contributed by atoms with Crippen molar-refractivity contribution in [1.82, 2.24) is 15.2 Å². The number of carbonyl (C=O) groups is 2. The van der Waals surface area contributed by atoms with Crippen molar-refractivity contribution >= 4 is 28.6 Å². The third-order valence-corrected chi connectivity index (χ3v) is 7.15. The molecule has 7 nitrogen and oxygen atoms in total. The highest BCUT2D eigenvalue weighted by Gasteiger charge is 2.23. The Morgan fingerprint density at radius 2 is 1.83 bits per heavy atom. The number of nitrogens with one attached hydrogen (secondary N) is 1. The van der Waals surface area contributed by atoms with Crippen molar-refractivity contribution in [2.45, 2.75) is 64.8 Å². The summed E-state index contributed by atoms with van der Waals surface area (Å²) in [6, 6.07) is 12.9. The van der Waals surface area contributed by atoms with Crippen molar-refractivity contribution in [2.75, 3.05) is 37.7 Å². The van der Waals surface area contributed by atoms with E-state index in [1.54, 1.807) is 6.92 Å². The van der Waals surface area contributed by atoms with Crippen LogP contribution in [0, 0.1) is 0 Å².